The Balaban J connectivity index is 1.13. The summed E-state index contributed by atoms with van der Waals surface area (Å²) in [4.78, 5) is 0. The van der Waals surface area contributed by atoms with E-state index in [0.717, 1.165) is 63.2 Å². The lowest BCUT2D eigenvalue weighted by molar-refractivity contribution is -0.229. The molecule has 41 heavy (non-hydrogen) atoms. The minimum atomic E-state index is -4.89. The topological polar surface area (TPSA) is 27.7 Å². The first-order valence-corrected chi connectivity index (χ1v) is 14.4. The zero-order chi connectivity index (χ0) is 29.4. The van der Waals surface area contributed by atoms with Crippen LogP contribution in [0.3, 0.4) is 0 Å². The number of hydrogen-bond acceptors (Lipinski definition) is 3. The molecule has 3 aliphatic rings. The van der Waals surface area contributed by atoms with Crippen LogP contribution in [0.4, 0.5) is 30.7 Å². The summed E-state index contributed by atoms with van der Waals surface area (Å²) in [6.45, 7) is 3.55. The van der Waals surface area contributed by atoms with Gasteiger partial charge in [-0.05, 0) is 93.0 Å². The van der Waals surface area contributed by atoms with E-state index in [1.54, 1.807) is 0 Å². The molecule has 1 heterocycles. The number of alkyl halides is 5. The summed E-state index contributed by atoms with van der Waals surface area (Å²) in [6.07, 6.45) is -2.45. The van der Waals surface area contributed by atoms with Gasteiger partial charge in [0.1, 0.15) is 17.4 Å². The Labute approximate surface area is 235 Å². The average Bonchev–Trinajstić information content (AvgIpc) is 2.93. The predicted molar refractivity (Wildman–Crippen MR) is 138 cm³/mol. The van der Waals surface area contributed by atoms with Gasteiger partial charge in [-0.1, -0.05) is 13.0 Å². The van der Waals surface area contributed by atoms with E-state index in [2.05, 4.69) is 6.92 Å². The quantitative estimate of drug-likeness (QED) is 0.315. The molecule has 0 bridgehead atoms. The highest BCUT2D eigenvalue weighted by atomic mass is 19.4. The van der Waals surface area contributed by atoms with E-state index in [-0.39, 0.29) is 17.4 Å². The van der Waals surface area contributed by atoms with Crippen LogP contribution in [0, 0.1) is 41.2 Å². The van der Waals surface area contributed by atoms with E-state index in [0.29, 0.717) is 61.5 Å². The Morgan fingerprint density at radius 1 is 0.707 bits per heavy atom. The molecule has 3 nitrogen and oxygen atoms in total. The van der Waals surface area contributed by atoms with Gasteiger partial charge in [-0.2, -0.15) is 22.0 Å². The second-order valence-corrected chi connectivity index (χ2v) is 11.9. The molecule has 0 radical (unpaired) electrons. The second kappa shape index (κ2) is 12.1. The molecule has 1 saturated heterocycles. The summed E-state index contributed by atoms with van der Waals surface area (Å²) in [6, 6.07) is 4.99. The van der Waals surface area contributed by atoms with Crippen molar-refractivity contribution in [3.8, 4) is 16.9 Å². The van der Waals surface area contributed by atoms with E-state index in [9.17, 15) is 22.0 Å². The van der Waals surface area contributed by atoms with Gasteiger partial charge in [-0.3, -0.25) is 0 Å². The third-order valence-electron chi connectivity index (χ3n) is 8.99. The van der Waals surface area contributed by atoms with Crippen molar-refractivity contribution >= 4 is 0 Å². The highest BCUT2D eigenvalue weighted by Crippen LogP contribution is 2.46. The maximum absolute atomic E-state index is 15.1. The van der Waals surface area contributed by atoms with Gasteiger partial charge in [0, 0.05) is 23.5 Å². The molecule has 0 N–H and O–H groups in total. The van der Waals surface area contributed by atoms with Crippen molar-refractivity contribution in [1.29, 1.82) is 0 Å². The molecule has 0 unspecified atom stereocenters. The van der Waals surface area contributed by atoms with Crippen molar-refractivity contribution in [2.24, 2.45) is 29.6 Å². The lowest BCUT2D eigenvalue weighted by Gasteiger charge is -2.41. The molecular formula is C31H35F7O3. The minimum absolute atomic E-state index is 0.131. The standard InChI is InChI=1S/C31H35F7O3/c1-18-16-39-29(40-17-18)21-4-2-19(3-5-21)20-6-9-23(10-7-20)31(37,38)41-24-11-12-25(27(32)15-24)22-8-13-26(28(33)14-22)30(34,35)36/h8,11-15,18-21,23,29H,2-7,9-10,16-17H2,1H3. The van der Waals surface area contributed by atoms with Crippen LogP contribution in [0.5, 0.6) is 5.75 Å². The highest BCUT2D eigenvalue weighted by Gasteiger charge is 2.45. The smallest absolute Gasteiger partial charge is 0.419 e. The van der Waals surface area contributed by atoms with Crippen LogP contribution >= 0.6 is 0 Å². The number of rotatable bonds is 6. The van der Waals surface area contributed by atoms with E-state index < -0.39 is 41.2 Å². The van der Waals surface area contributed by atoms with Gasteiger partial charge >= 0.3 is 12.3 Å². The second-order valence-electron chi connectivity index (χ2n) is 11.9. The third kappa shape index (κ3) is 7.01. The fourth-order valence-electron chi connectivity index (χ4n) is 6.65. The fourth-order valence-corrected chi connectivity index (χ4v) is 6.65. The number of halogens is 7. The zero-order valence-electron chi connectivity index (χ0n) is 22.9. The van der Waals surface area contributed by atoms with Gasteiger partial charge in [0.2, 0.25) is 0 Å². The fraction of sp³-hybridized carbons (Fsp3) is 0.613. The lowest BCUT2D eigenvalue weighted by Crippen LogP contribution is -2.40. The third-order valence-corrected chi connectivity index (χ3v) is 8.99. The summed E-state index contributed by atoms with van der Waals surface area (Å²) in [5, 5.41) is 0. The van der Waals surface area contributed by atoms with E-state index in [4.69, 9.17) is 14.2 Å². The molecule has 5 rings (SSSR count). The Hall–Kier alpha value is -2.33. The SMILES string of the molecule is CC1COC(C2CCC(C3CCC(C(F)(F)Oc4ccc(-c5ccc(C(F)(F)F)c(F)c5)c(F)c4)CC3)CC2)OC1. The molecule has 2 aliphatic carbocycles. The molecule has 3 fully saturated rings. The van der Waals surface area contributed by atoms with Crippen molar-refractivity contribution < 1.29 is 44.9 Å². The van der Waals surface area contributed by atoms with E-state index >= 15 is 8.78 Å². The van der Waals surface area contributed by atoms with Crippen LogP contribution in [0.2, 0.25) is 0 Å². The van der Waals surface area contributed by atoms with Crippen molar-refractivity contribution in [1.82, 2.24) is 0 Å². The molecule has 0 atom stereocenters. The van der Waals surface area contributed by atoms with Crippen molar-refractivity contribution in [3.05, 3.63) is 53.6 Å². The summed E-state index contributed by atoms with van der Waals surface area (Å²) < 4.78 is 114. The van der Waals surface area contributed by atoms with Crippen molar-refractivity contribution in [2.75, 3.05) is 13.2 Å². The molecule has 226 valence electrons. The van der Waals surface area contributed by atoms with Crippen LogP contribution in [-0.2, 0) is 15.7 Å². The first kappa shape index (κ1) is 30.1. The molecule has 1 aliphatic heterocycles. The first-order valence-electron chi connectivity index (χ1n) is 14.4. The Morgan fingerprint density at radius 3 is 1.85 bits per heavy atom. The minimum Gasteiger partial charge on any atom is -0.432 e. The van der Waals surface area contributed by atoms with Crippen molar-refractivity contribution in [3.63, 3.8) is 0 Å². The Bertz CT molecular complexity index is 1180. The normalized spacial score (nSPS) is 29.8. The summed E-state index contributed by atoms with van der Waals surface area (Å²) in [5.41, 5.74) is -1.84. The monoisotopic (exact) mass is 588 g/mol. The molecule has 10 heteroatoms. The molecular weight excluding hydrogens is 553 g/mol. The molecule has 2 aromatic rings. The lowest BCUT2D eigenvalue weighted by atomic mass is 9.69. The first-order chi connectivity index (χ1) is 19.4. The van der Waals surface area contributed by atoms with Crippen LogP contribution in [0.15, 0.2) is 36.4 Å². The molecule has 0 amide bonds. The van der Waals surface area contributed by atoms with E-state index in [1.807, 2.05) is 0 Å². The number of hydrogen-bond donors (Lipinski definition) is 0. The molecule has 0 aromatic heterocycles. The summed E-state index contributed by atoms with van der Waals surface area (Å²) in [5.74, 6) is -2.27. The van der Waals surface area contributed by atoms with Gasteiger partial charge in [0.05, 0.1) is 24.7 Å². The van der Waals surface area contributed by atoms with Crippen LogP contribution in [0.1, 0.15) is 63.9 Å². The van der Waals surface area contributed by atoms with Gasteiger partial charge < -0.3 is 14.2 Å². The van der Waals surface area contributed by atoms with Gasteiger partial charge in [0.15, 0.2) is 6.29 Å². The predicted octanol–water partition coefficient (Wildman–Crippen LogP) is 9.24. The maximum Gasteiger partial charge on any atom is 0.419 e. The van der Waals surface area contributed by atoms with Crippen molar-refractivity contribution in [2.45, 2.75) is 76.9 Å². The van der Waals surface area contributed by atoms with Crippen LogP contribution in [-0.4, -0.2) is 25.6 Å². The highest BCUT2D eigenvalue weighted by molar-refractivity contribution is 5.65. The maximum atomic E-state index is 15.1. The molecule has 2 saturated carbocycles. The summed E-state index contributed by atoms with van der Waals surface area (Å²) >= 11 is 0. The number of ether oxygens (including phenoxy) is 3. The average molecular weight is 589 g/mol. The van der Waals surface area contributed by atoms with E-state index in [1.165, 1.54) is 0 Å². The molecule has 0 spiro atoms. The van der Waals surface area contributed by atoms with Gasteiger partial charge in [-0.25, -0.2) is 8.78 Å². The van der Waals surface area contributed by atoms with Gasteiger partial charge in [-0.15, -0.1) is 0 Å². The number of benzene rings is 2. The Morgan fingerprint density at radius 2 is 1.29 bits per heavy atom. The Kier molecular flexibility index (Phi) is 8.90. The largest absolute Gasteiger partial charge is 0.432 e. The van der Waals surface area contributed by atoms with Crippen LogP contribution in [0.25, 0.3) is 11.1 Å². The van der Waals surface area contributed by atoms with Crippen LogP contribution < -0.4 is 4.74 Å². The van der Waals surface area contributed by atoms with Gasteiger partial charge in [0.25, 0.3) is 0 Å². The zero-order valence-corrected chi connectivity index (χ0v) is 22.9. The summed E-state index contributed by atoms with van der Waals surface area (Å²) in [7, 11) is 0. The molecule has 2 aromatic carbocycles.